The van der Waals surface area contributed by atoms with Crippen LogP contribution in [0.15, 0.2) is 76.6 Å². The Kier molecular flexibility index (Phi) is 8.02. The van der Waals surface area contributed by atoms with Crippen molar-refractivity contribution in [3.05, 3.63) is 110 Å². The summed E-state index contributed by atoms with van der Waals surface area (Å²) in [6, 6.07) is 17.5. The zero-order chi connectivity index (χ0) is 32.7. The summed E-state index contributed by atoms with van der Waals surface area (Å²) in [7, 11) is 3.63. The van der Waals surface area contributed by atoms with Crippen molar-refractivity contribution in [2.45, 2.75) is 44.8 Å². The van der Waals surface area contributed by atoms with Gasteiger partial charge in [0.2, 0.25) is 0 Å². The molecule has 1 aliphatic heterocycles. The SMILES string of the molecule is CN1CCC[C@H]1c1ccc(Nc2cc(-c3cccc(-n4ccc5cc(C(C)(C)C#N)cc(F)c5c4=O)c3CO)nn(C)c2=O)nc1. The van der Waals surface area contributed by atoms with Gasteiger partial charge in [0, 0.05) is 36.6 Å². The number of aromatic nitrogens is 4. The van der Waals surface area contributed by atoms with Crippen LogP contribution in [-0.4, -0.2) is 42.9 Å². The maximum Gasteiger partial charge on any atom is 0.290 e. The van der Waals surface area contributed by atoms with Crippen molar-refractivity contribution in [1.29, 1.82) is 5.26 Å². The summed E-state index contributed by atoms with van der Waals surface area (Å²) in [6.45, 7) is 3.96. The van der Waals surface area contributed by atoms with Crippen LogP contribution in [0.3, 0.4) is 0 Å². The van der Waals surface area contributed by atoms with Gasteiger partial charge in [-0.2, -0.15) is 10.4 Å². The van der Waals surface area contributed by atoms with E-state index in [1.54, 1.807) is 50.2 Å². The number of benzene rings is 2. The number of hydrogen-bond acceptors (Lipinski definition) is 8. The van der Waals surface area contributed by atoms with E-state index in [2.05, 4.69) is 33.4 Å². The van der Waals surface area contributed by atoms with Crippen molar-refractivity contribution in [1.82, 2.24) is 24.2 Å². The summed E-state index contributed by atoms with van der Waals surface area (Å²) in [5, 5.41) is 27.9. The summed E-state index contributed by atoms with van der Waals surface area (Å²) >= 11 is 0. The number of nitriles is 1. The molecule has 3 aromatic heterocycles. The number of aryl methyl sites for hydroxylation is 1. The molecule has 0 saturated carbocycles. The zero-order valence-corrected chi connectivity index (χ0v) is 26.1. The summed E-state index contributed by atoms with van der Waals surface area (Å²) in [5.41, 5.74) is 1.48. The van der Waals surface area contributed by atoms with Gasteiger partial charge in [-0.05, 0) is 93.2 Å². The van der Waals surface area contributed by atoms with E-state index < -0.39 is 23.4 Å². The van der Waals surface area contributed by atoms with Crippen molar-refractivity contribution in [2.24, 2.45) is 7.05 Å². The Hall–Kier alpha value is -5.18. The van der Waals surface area contributed by atoms with Gasteiger partial charge in [-0.1, -0.05) is 18.2 Å². The van der Waals surface area contributed by atoms with E-state index in [1.807, 2.05) is 18.3 Å². The van der Waals surface area contributed by atoms with Crippen molar-refractivity contribution >= 4 is 22.3 Å². The molecular formula is C35H34FN7O3. The first kappa shape index (κ1) is 30.8. The van der Waals surface area contributed by atoms with E-state index in [1.165, 1.54) is 28.6 Å². The maximum absolute atomic E-state index is 15.4. The minimum Gasteiger partial charge on any atom is -0.392 e. The molecule has 0 spiro atoms. The van der Waals surface area contributed by atoms with E-state index in [0.29, 0.717) is 45.3 Å². The lowest BCUT2D eigenvalue weighted by Gasteiger charge is -2.19. The molecule has 0 amide bonds. The van der Waals surface area contributed by atoms with Crippen LogP contribution in [0.2, 0.25) is 0 Å². The van der Waals surface area contributed by atoms with Gasteiger partial charge in [0.25, 0.3) is 11.1 Å². The van der Waals surface area contributed by atoms with E-state index in [9.17, 15) is 20.0 Å². The number of fused-ring (bicyclic) bond motifs is 1. The third-order valence-electron chi connectivity index (χ3n) is 8.82. The number of nitrogens with one attached hydrogen (secondary N) is 1. The third-order valence-corrected chi connectivity index (χ3v) is 8.82. The molecule has 1 aliphatic rings. The highest BCUT2D eigenvalue weighted by molar-refractivity contribution is 5.84. The predicted octanol–water partition coefficient (Wildman–Crippen LogP) is 5.09. The number of pyridine rings is 2. The molecule has 234 valence electrons. The first-order chi connectivity index (χ1) is 22.0. The van der Waals surface area contributed by atoms with Crippen molar-refractivity contribution in [3.8, 4) is 23.0 Å². The molecule has 4 heterocycles. The molecule has 5 aromatic rings. The Bertz CT molecular complexity index is 2130. The zero-order valence-electron chi connectivity index (χ0n) is 26.1. The monoisotopic (exact) mass is 619 g/mol. The Morgan fingerprint density at radius 1 is 1.11 bits per heavy atom. The molecule has 6 rings (SSSR count). The Morgan fingerprint density at radius 2 is 1.91 bits per heavy atom. The molecule has 10 nitrogen and oxygen atoms in total. The van der Waals surface area contributed by atoms with Crippen LogP contribution in [0.4, 0.5) is 15.9 Å². The fraction of sp³-hybridized carbons (Fsp3) is 0.286. The van der Waals surface area contributed by atoms with E-state index in [-0.39, 0.29) is 16.6 Å². The van der Waals surface area contributed by atoms with Gasteiger partial charge in [-0.15, -0.1) is 0 Å². The molecule has 1 atom stereocenters. The second-order valence-electron chi connectivity index (χ2n) is 12.2. The van der Waals surface area contributed by atoms with Gasteiger partial charge < -0.3 is 10.4 Å². The number of likely N-dealkylation sites (tertiary alicyclic amines) is 1. The number of halogens is 1. The Balaban J connectivity index is 1.39. The summed E-state index contributed by atoms with van der Waals surface area (Å²) < 4.78 is 17.9. The minimum absolute atomic E-state index is 0.126. The Labute approximate surface area is 265 Å². The average molecular weight is 620 g/mol. The minimum atomic E-state index is -0.940. The topological polar surface area (TPSA) is 129 Å². The third kappa shape index (κ3) is 5.46. The fourth-order valence-electron chi connectivity index (χ4n) is 6.13. The summed E-state index contributed by atoms with van der Waals surface area (Å²) in [5.74, 6) is -0.231. The Morgan fingerprint density at radius 3 is 2.59 bits per heavy atom. The highest BCUT2D eigenvalue weighted by Crippen LogP contribution is 2.32. The van der Waals surface area contributed by atoms with Crippen LogP contribution < -0.4 is 16.4 Å². The van der Waals surface area contributed by atoms with Crippen LogP contribution >= 0.6 is 0 Å². The summed E-state index contributed by atoms with van der Waals surface area (Å²) in [6.07, 6.45) is 5.56. The molecule has 2 aromatic carbocycles. The van der Waals surface area contributed by atoms with Crippen LogP contribution in [0, 0.1) is 17.1 Å². The molecule has 2 N–H and O–H groups in total. The number of nitrogens with zero attached hydrogens (tertiary/aromatic N) is 6. The largest absolute Gasteiger partial charge is 0.392 e. The molecule has 0 bridgehead atoms. The van der Waals surface area contributed by atoms with E-state index in [4.69, 9.17) is 0 Å². The van der Waals surface area contributed by atoms with E-state index in [0.717, 1.165) is 24.9 Å². The highest BCUT2D eigenvalue weighted by Gasteiger charge is 2.24. The second-order valence-corrected chi connectivity index (χ2v) is 12.2. The lowest BCUT2D eigenvalue weighted by atomic mass is 9.85. The molecular weight excluding hydrogens is 585 g/mol. The number of rotatable bonds is 7. The number of hydrogen-bond donors (Lipinski definition) is 2. The standard InChI is InChI=1S/C35H34FN7O3/c1-35(2,20-37)23-15-21-12-14-43(34(46)32(21)26(36)16-23)30-8-5-7-24(25(30)19-44)27-17-28(33(45)42(4)40-27)39-31-11-10-22(18-38-31)29-9-6-13-41(29)3/h5,7-8,10-12,14-18,29,44H,6,9,13,19H2,1-4H3,(H,38,39)/t29-/m0/s1. The predicted molar refractivity (Wildman–Crippen MR) is 175 cm³/mol. The van der Waals surface area contributed by atoms with Crippen LogP contribution in [0.1, 0.15) is 49.4 Å². The molecule has 0 radical (unpaired) electrons. The van der Waals surface area contributed by atoms with Gasteiger partial charge in [-0.3, -0.25) is 19.1 Å². The van der Waals surface area contributed by atoms with Gasteiger partial charge in [0.1, 0.15) is 17.3 Å². The molecule has 0 unspecified atom stereocenters. The van der Waals surface area contributed by atoms with Gasteiger partial charge in [-0.25, -0.2) is 14.1 Å². The molecule has 0 aliphatic carbocycles. The first-order valence-electron chi connectivity index (χ1n) is 15.0. The van der Waals surface area contributed by atoms with Crippen molar-refractivity contribution < 1.29 is 9.50 Å². The van der Waals surface area contributed by atoms with Gasteiger partial charge >= 0.3 is 0 Å². The average Bonchev–Trinajstić information content (AvgIpc) is 3.48. The van der Waals surface area contributed by atoms with Crippen LogP contribution in [0.25, 0.3) is 27.7 Å². The van der Waals surface area contributed by atoms with Crippen LogP contribution in [0.5, 0.6) is 0 Å². The quantitative estimate of drug-likeness (QED) is 0.258. The molecule has 11 heteroatoms. The number of aliphatic hydroxyl groups excluding tert-OH is 1. The molecule has 1 fully saturated rings. The normalized spacial score (nSPS) is 15.3. The smallest absolute Gasteiger partial charge is 0.290 e. The fourth-order valence-corrected chi connectivity index (χ4v) is 6.13. The first-order valence-corrected chi connectivity index (χ1v) is 15.0. The number of anilines is 2. The molecule has 46 heavy (non-hydrogen) atoms. The second kappa shape index (κ2) is 12.0. The van der Waals surface area contributed by atoms with Gasteiger partial charge in [0.15, 0.2) is 0 Å². The van der Waals surface area contributed by atoms with Crippen molar-refractivity contribution in [3.63, 3.8) is 0 Å². The van der Waals surface area contributed by atoms with E-state index >= 15 is 4.39 Å². The number of aliphatic hydroxyl groups is 1. The van der Waals surface area contributed by atoms with Crippen molar-refractivity contribution in [2.75, 3.05) is 18.9 Å². The lowest BCUT2D eigenvalue weighted by molar-refractivity contribution is 0.282. The van der Waals surface area contributed by atoms with Crippen LogP contribution in [-0.2, 0) is 19.1 Å². The lowest BCUT2D eigenvalue weighted by Crippen LogP contribution is -2.23. The molecule has 1 saturated heterocycles. The summed E-state index contributed by atoms with van der Waals surface area (Å²) in [4.78, 5) is 33.6. The van der Waals surface area contributed by atoms with Gasteiger partial charge in [0.05, 0.1) is 34.9 Å². The highest BCUT2D eigenvalue weighted by atomic mass is 19.1. The maximum atomic E-state index is 15.4.